The zero-order chi connectivity index (χ0) is 21.6. The number of allylic oxidation sites excluding steroid dienone is 1. The number of ketones is 2. The Balaban J connectivity index is 1.78. The molecule has 0 bridgehead atoms. The Morgan fingerprint density at radius 2 is 1.90 bits per heavy atom. The summed E-state index contributed by atoms with van der Waals surface area (Å²) in [6.45, 7) is 0. The number of carbonyl (C=O) groups excluding carboxylic acids is 3. The summed E-state index contributed by atoms with van der Waals surface area (Å²) in [6.07, 6.45) is 4.42. The molecule has 4 rings (SSSR count). The number of amides is 1. The van der Waals surface area contributed by atoms with Gasteiger partial charge in [0.05, 0.1) is 21.8 Å². The topological polar surface area (TPSA) is 129 Å². The molecule has 2 aromatic heterocycles. The highest BCUT2D eigenvalue weighted by molar-refractivity contribution is 6.37. The fourth-order valence-electron chi connectivity index (χ4n) is 3.22. The van der Waals surface area contributed by atoms with Crippen LogP contribution in [-0.4, -0.2) is 22.5 Å². The molecule has 150 valence electrons. The minimum absolute atomic E-state index is 0.00401. The van der Waals surface area contributed by atoms with Crippen molar-refractivity contribution < 1.29 is 18.8 Å². The predicted octanol–water partition coefficient (Wildman–Crippen LogP) is 4.02. The predicted molar refractivity (Wildman–Crippen MR) is 113 cm³/mol. The number of aromatic nitrogens is 1. The molecule has 0 unspecified atom stereocenters. The third-order valence-electron chi connectivity index (χ3n) is 4.68. The maximum Gasteiger partial charge on any atom is 0.250 e. The van der Waals surface area contributed by atoms with E-state index in [1.54, 1.807) is 6.08 Å². The van der Waals surface area contributed by atoms with Crippen molar-refractivity contribution in [2.45, 2.75) is 6.42 Å². The molecule has 0 radical (unpaired) electrons. The van der Waals surface area contributed by atoms with Crippen LogP contribution in [0.4, 0.5) is 5.69 Å². The van der Waals surface area contributed by atoms with E-state index in [0.29, 0.717) is 16.2 Å². The zero-order valence-corrected chi connectivity index (χ0v) is 16.8. The van der Waals surface area contributed by atoms with E-state index in [1.807, 2.05) is 0 Å². The third kappa shape index (κ3) is 3.38. The lowest BCUT2D eigenvalue weighted by Gasteiger charge is -2.12. The Bertz CT molecular complexity index is 1280. The first-order valence-electron chi connectivity index (χ1n) is 8.67. The van der Waals surface area contributed by atoms with Crippen molar-refractivity contribution >= 4 is 58.0 Å². The molecule has 1 aliphatic rings. The fourth-order valence-corrected chi connectivity index (χ4v) is 3.72. The van der Waals surface area contributed by atoms with E-state index < -0.39 is 11.7 Å². The fraction of sp³-hybridized carbons (Fsp3) is 0.0476. The van der Waals surface area contributed by atoms with Crippen molar-refractivity contribution in [2.75, 3.05) is 5.73 Å². The number of hydrogen-bond donors (Lipinski definition) is 2. The highest BCUT2D eigenvalue weighted by Gasteiger charge is 2.31. The normalized spacial score (nSPS) is 13.0. The van der Waals surface area contributed by atoms with Crippen LogP contribution in [0, 0.1) is 0 Å². The molecular weight excluding hydrogens is 429 g/mol. The Morgan fingerprint density at radius 1 is 1.13 bits per heavy atom. The average molecular weight is 442 g/mol. The number of nitrogens with zero attached hydrogens (tertiary/aromatic N) is 1. The number of pyridine rings is 1. The summed E-state index contributed by atoms with van der Waals surface area (Å²) in [6, 6.07) is 5.93. The van der Waals surface area contributed by atoms with Crippen molar-refractivity contribution in [3.63, 3.8) is 0 Å². The van der Waals surface area contributed by atoms with Gasteiger partial charge in [0.1, 0.15) is 5.76 Å². The Kier molecular flexibility index (Phi) is 4.93. The monoisotopic (exact) mass is 441 g/mol. The molecule has 1 amide bonds. The number of halogens is 2. The molecule has 0 saturated heterocycles. The number of benzene rings is 1. The SMILES string of the molecule is NC(=O)c1cncc(C2=Cc3oc(C(=O)c4ccc(Cl)cc4Cl)c(N)c3C(=O)C2)c1. The van der Waals surface area contributed by atoms with Crippen LogP contribution in [0.1, 0.15) is 54.6 Å². The van der Waals surface area contributed by atoms with Gasteiger partial charge in [-0.1, -0.05) is 23.2 Å². The highest BCUT2D eigenvalue weighted by atomic mass is 35.5. The van der Waals surface area contributed by atoms with E-state index in [2.05, 4.69) is 4.98 Å². The summed E-state index contributed by atoms with van der Waals surface area (Å²) in [4.78, 5) is 41.0. The summed E-state index contributed by atoms with van der Waals surface area (Å²) in [5.74, 6) is -1.56. The van der Waals surface area contributed by atoms with Gasteiger partial charge in [-0.25, -0.2) is 0 Å². The van der Waals surface area contributed by atoms with Crippen LogP contribution in [0.5, 0.6) is 0 Å². The molecule has 2 heterocycles. The number of primary amides is 1. The van der Waals surface area contributed by atoms with E-state index >= 15 is 0 Å². The van der Waals surface area contributed by atoms with E-state index in [-0.39, 0.29) is 51.1 Å². The number of hydrogen-bond acceptors (Lipinski definition) is 6. The Morgan fingerprint density at radius 3 is 2.60 bits per heavy atom. The number of fused-ring (bicyclic) bond motifs is 1. The second kappa shape index (κ2) is 7.44. The molecular formula is C21H13Cl2N3O4. The van der Waals surface area contributed by atoms with Gasteiger partial charge in [0, 0.05) is 29.4 Å². The molecule has 0 aliphatic heterocycles. The zero-order valence-electron chi connectivity index (χ0n) is 15.2. The second-order valence-electron chi connectivity index (χ2n) is 6.63. The van der Waals surface area contributed by atoms with Gasteiger partial charge >= 0.3 is 0 Å². The number of rotatable bonds is 4. The van der Waals surface area contributed by atoms with Gasteiger partial charge in [-0.05, 0) is 41.5 Å². The largest absolute Gasteiger partial charge is 0.450 e. The van der Waals surface area contributed by atoms with E-state index in [4.69, 9.17) is 39.1 Å². The second-order valence-corrected chi connectivity index (χ2v) is 7.48. The van der Waals surface area contributed by atoms with Crippen molar-refractivity contribution in [2.24, 2.45) is 5.73 Å². The van der Waals surface area contributed by atoms with Crippen molar-refractivity contribution in [3.8, 4) is 0 Å². The molecule has 4 N–H and O–H groups in total. The van der Waals surface area contributed by atoms with Crippen molar-refractivity contribution in [3.05, 3.63) is 80.5 Å². The molecule has 0 fully saturated rings. The van der Waals surface area contributed by atoms with Crippen LogP contribution in [0.15, 0.2) is 41.1 Å². The van der Waals surface area contributed by atoms with Crippen molar-refractivity contribution in [1.29, 1.82) is 0 Å². The van der Waals surface area contributed by atoms with Gasteiger partial charge in [-0.15, -0.1) is 0 Å². The molecule has 30 heavy (non-hydrogen) atoms. The van der Waals surface area contributed by atoms with Crippen LogP contribution in [-0.2, 0) is 0 Å². The Labute approximate surface area is 180 Å². The molecule has 9 heteroatoms. The molecule has 0 spiro atoms. The first-order chi connectivity index (χ1) is 14.3. The number of carbonyl (C=O) groups is 3. The van der Waals surface area contributed by atoms with E-state index in [0.717, 1.165) is 0 Å². The number of anilines is 1. The average Bonchev–Trinajstić information content (AvgIpc) is 3.04. The smallest absolute Gasteiger partial charge is 0.250 e. The maximum absolute atomic E-state index is 12.9. The number of Topliss-reactive ketones (excluding diaryl/α,β-unsaturated/α-hetero) is 1. The highest BCUT2D eigenvalue weighted by Crippen LogP contribution is 2.38. The lowest BCUT2D eigenvalue weighted by Crippen LogP contribution is -2.13. The molecule has 1 aliphatic carbocycles. The number of nitrogens with two attached hydrogens (primary N) is 2. The summed E-state index contributed by atoms with van der Waals surface area (Å²) in [5, 5.41) is 0.510. The molecule has 1 aromatic carbocycles. The van der Waals surface area contributed by atoms with Crippen LogP contribution in [0.3, 0.4) is 0 Å². The summed E-state index contributed by atoms with van der Waals surface area (Å²) >= 11 is 12.0. The summed E-state index contributed by atoms with van der Waals surface area (Å²) in [7, 11) is 0. The van der Waals surface area contributed by atoms with Gasteiger partial charge in [0.15, 0.2) is 11.5 Å². The summed E-state index contributed by atoms with van der Waals surface area (Å²) in [5.41, 5.74) is 12.9. The third-order valence-corrected chi connectivity index (χ3v) is 5.23. The first-order valence-corrected chi connectivity index (χ1v) is 9.43. The van der Waals surface area contributed by atoms with Crippen molar-refractivity contribution in [1.82, 2.24) is 4.98 Å². The molecule has 0 atom stereocenters. The van der Waals surface area contributed by atoms with Crippen LogP contribution >= 0.6 is 23.2 Å². The minimum Gasteiger partial charge on any atom is -0.450 e. The van der Waals surface area contributed by atoms with Gasteiger partial charge in [-0.2, -0.15) is 0 Å². The number of nitrogen functional groups attached to an aromatic ring is 1. The summed E-state index contributed by atoms with van der Waals surface area (Å²) < 4.78 is 5.66. The van der Waals surface area contributed by atoms with Crippen LogP contribution in [0.2, 0.25) is 10.0 Å². The van der Waals surface area contributed by atoms with E-state index in [1.165, 1.54) is 36.7 Å². The van der Waals surface area contributed by atoms with E-state index in [9.17, 15) is 14.4 Å². The Hall–Kier alpha value is -3.42. The standard InChI is InChI=1S/C21H13Cl2N3O4/c22-12-1-2-13(14(23)6-12)19(28)20-18(24)17-15(27)4-9(5-16(17)30-20)10-3-11(21(25)29)8-26-7-10/h1-3,5-8H,4,24H2,(H2,25,29). The maximum atomic E-state index is 12.9. The van der Waals surface area contributed by atoms with Gasteiger partial charge in [-0.3, -0.25) is 19.4 Å². The lowest BCUT2D eigenvalue weighted by atomic mass is 9.91. The quantitative estimate of drug-likeness (QED) is 0.587. The van der Waals surface area contributed by atoms with Gasteiger partial charge < -0.3 is 15.9 Å². The van der Waals surface area contributed by atoms with Gasteiger partial charge in [0.2, 0.25) is 11.7 Å². The van der Waals surface area contributed by atoms with Crippen LogP contribution in [0.25, 0.3) is 11.6 Å². The molecule has 3 aromatic rings. The number of furan rings is 1. The van der Waals surface area contributed by atoms with Crippen LogP contribution < -0.4 is 11.5 Å². The molecule has 0 saturated carbocycles. The first kappa shape index (κ1) is 19.9. The van der Waals surface area contributed by atoms with Gasteiger partial charge in [0.25, 0.3) is 0 Å². The molecule has 7 nitrogen and oxygen atoms in total. The minimum atomic E-state index is -0.636. The lowest BCUT2D eigenvalue weighted by molar-refractivity contribution is 0.0990.